The molecule has 5 heteroatoms. The summed E-state index contributed by atoms with van der Waals surface area (Å²) >= 11 is 0. The third-order valence-electron chi connectivity index (χ3n) is 3.45. The summed E-state index contributed by atoms with van der Waals surface area (Å²) in [5, 5.41) is 14.4. The normalized spacial score (nSPS) is 9.83. The topological polar surface area (TPSA) is 82.0 Å². The summed E-state index contributed by atoms with van der Waals surface area (Å²) in [5.41, 5.74) is 1.85. The van der Waals surface area contributed by atoms with Crippen molar-refractivity contribution in [2.75, 3.05) is 11.9 Å². The molecule has 0 radical (unpaired) electrons. The minimum absolute atomic E-state index is 0.190. The van der Waals surface area contributed by atoms with Crippen LogP contribution in [0.3, 0.4) is 0 Å². The first kappa shape index (κ1) is 17.2. The van der Waals surface area contributed by atoms with Crippen molar-refractivity contribution < 1.29 is 9.59 Å². The highest BCUT2D eigenvalue weighted by atomic mass is 16.2. The SMILES string of the molecule is CCCCNC(=O)c1cccc(C(=O)Nc2cccc(C#N)c2)c1. The summed E-state index contributed by atoms with van der Waals surface area (Å²) in [4.78, 5) is 24.4. The van der Waals surface area contributed by atoms with Crippen LogP contribution in [0.25, 0.3) is 0 Å². The number of nitrogens with zero attached hydrogens (tertiary/aromatic N) is 1. The molecule has 0 heterocycles. The first-order valence-corrected chi connectivity index (χ1v) is 7.84. The van der Waals surface area contributed by atoms with Crippen LogP contribution in [0.15, 0.2) is 48.5 Å². The van der Waals surface area contributed by atoms with Crippen LogP contribution in [0.5, 0.6) is 0 Å². The molecule has 2 N–H and O–H groups in total. The Morgan fingerprint density at radius 1 is 1.04 bits per heavy atom. The lowest BCUT2D eigenvalue weighted by Gasteiger charge is -2.08. The highest BCUT2D eigenvalue weighted by Gasteiger charge is 2.10. The van der Waals surface area contributed by atoms with Gasteiger partial charge in [-0.05, 0) is 42.8 Å². The van der Waals surface area contributed by atoms with E-state index in [1.54, 1.807) is 48.5 Å². The van der Waals surface area contributed by atoms with Crippen molar-refractivity contribution in [3.05, 3.63) is 65.2 Å². The predicted octanol–water partition coefficient (Wildman–Crippen LogP) is 3.34. The number of benzene rings is 2. The molecule has 0 saturated heterocycles. The van der Waals surface area contributed by atoms with Crippen LogP contribution in [-0.4, -0.2) is 18.4 Å². The van der Waals surface area contributed by atoms with Crippen LogP contribution in [0.2, 0.25) is 0 Å². The summed E-state index contributed by atoms with van der Waals surface area (Å²) in [6.45, 7) is 2.67. The zero-order valence-corrected chi connectivity index (χ0v) is 13.5. The van der Waals surface area contributed by atoms with Crippen LogP contribution in [0.4, 0.5) is 5.69 Å². The monoisotopic (exact) mass is 321 g/mol. The molecule has 0 fully saturated rings. The molecule has 0 aliphatic rings. The van der Waals surface area contributed by atoms with Gasteiger partial charge in [-0.1, -0.05) is 25.5 Å². The molecule has 2 amide bonds. The van der Waals surface area contributed by atoms with Gasteiger partial charge in [-0.25, -0.2) is 0 Å². The summed E-state index contributed by atoms with van der Waals surface area (Å²) in [6, 6.07) is 15.2. The van der Waals surface area contributed by atoms with Gasteiger partial charge in [-0.15, -0.1) is 0 Å². The largest absolute Gasteiger partial charge is 0.352 e. The molecule has 0 aromatic heterocycles. The molecule has 0 unspecified atom stereocenters. The van der Waals surface area contributed by atoms with E-state index in [1.807, 2.05) is 6.07 Å². The van der Waals surface area contributed by atoms with Gasteiger partial charge in [-0.2, -0.15) is 5.26 Å². The van der Waals surface area contributed by atoms with Crippen molar-refractivity contribution >= 4 is 17.5 Å². The molecular weight excluding hydrogens is 302 g/mol. The molecule has 122 valence electrons. The van der Waals surface area contributed by atoms with Crippen molar-refractivity contribution in [1.82, 2.24) is 5.32 Å². The Hall–Kier alpha value is -3.13. The van der Waals surface area contributed by atoms with Crippen LogP contribution in [-0.2, 0) is 0 Å². The first-order chi connectivity index (χ1) is 11.6. The Morgan fingerprint density at radius 2 is 1.75 bits per heavy atom. The number of unbranched alkanes of at least 4 members (excludes halogenated alkanes) is 1. The van der Waals surface area contributed by atoms with Crippen molar-refractivity contribution in [3.8, 4) is 6.07 Å². The maximum Gasteiger partial charge on any atom is 0.255 e. The van der Waals surface area contributed by atoms with Crippen molar-refractivity contribution in [2.24, 2.45) is 0 Å². The molecule has 0 saturated carbocycles. The second kappa shape index (κ2) is 8.49. The quantitative estimate of drug-likeness (QED) is 0.801. The standard InChI is InChI=1S/C19H19N3O2/c1-2-3-10-21-18(23)15-7-5-8-16(12-15)19(24)22-17-9-4-6-14(11-17)13-20/h4-9,11-12H,2-3,10H2,1H3,(H,21,23)(H,22,24). The Labute approximate surface area is 141 Å². The number of hydrogen-bond acceptors (Lipinski definition) is 3. The zero-order valence-electron chi connectivity index (χ0n) is 13.5. The highest BCUT2D eigenvalue weighted by Crippen LogP contribution is 2.13. The van der Waals surface area contributed by atoms with E-state index in [-0.39, 0.29) is 11.8 Å². The Kier molecular flexibility index (Phi) is 6.09. The fraction of sp³-hybridized carbons (Fsp3) is 0.211. The number of anilines is 1. The van der Waals surface area contributed by atoms with Crippen LogP contribution < -0.4 is 10.6 Å². The van der Waals surface area contributed by atoms with E-state index in [0.717, 1.165) is 12.8 Å². The second-order valence-electron chi connectivity index (χ2n) is 5.34. The van der Waals surface area contributed by atoms with E-state index in [1.165, 1.54) is 0 Å². The van der Waals surface area contributed by atoms with Gasteiger partial charge in [0.15, 0.2) is 0 Å². The lowest BCUT2D eigenvalue weighted by molar-refractivity contribution is 0.0953. The molecule has 2 aromatic carbocycles. The molecule has 24 heavy (non-hydrogen) atoms. The highest BCUT2D eigenvalue weighted by molar-refractivity contribution is 6.06. The van der Waals surface area contributed by atoms with Gasteiger partial charge in [0, 0.05) is 23.4 Å². The minimum Gasteiger partial charge on any atom is -0.352 e. The summed E-state index contributed by atoms with van der Waals surface area (Å²) < 4.78 is 0. The number of amides is 2. The molecule has 2 aromatic rings. The Balaban J connectivity index is 2.08. The van der Waals surface area contributed by atoms with Crippen LogP contribution >= 0.6 is 0 Å². The summed E-state index contributed by atoms with van der Waals surface area (Å²) in [5.74, 6) is -0.516. The number of nitrogens with one attached hydrogen (secondary N) is 2. The molecule has 0 spiro atoms. The minimum atomic E-state index is -0.326. The fourth-order valence-corrected chi connectivity index (χ4v) is 2.15. The number of rotatable bonds is 6. The molecule has 2 rings (SSSR count). The van der Waals surface area contributed by atoms with Gasteiger partial charge in [0.1, 0.15) is 0 Å². The number of carbonyl (C=O) groups excluding carboxylic acids is 2. The molecule has 5 nitrogen and oxygen atoms in total. The molecule has 0 aliphatic carbocycles. The van der Waals surface area contributed by atoms with E-state index < -0.39 is 0 Å². The number of carbonyl (C=O) groups is 2. The Morgan fingerprint density at radius 3 is 2.46 bits per heavy atom. The first-order valence-electron chi connectivity index (χ1n) is 7.84. The van der Waals surface area contributed by atoms with E-state index in [2.05, 4.69) is 17.6 Å². The van der Waals surface area contributed by atoms with Crippen molar-refractivity contribution in [2.45, 2.75) is 19.8 Å². The van der Waals surface area contributed by atoms with Gasteiger partial charge in [0.05, 0.1) is 11.6 Å². The van der Waals surface area contributed by atoms with Crippen molar-refractivity contribution in [3.63, 3.8) is 0 Å². The van der Waals surface area contributed by atoms with Crippen LogP contribution in [0, 0.1) is 11.3 Å². The van der Waals surface area contributed by atoms with Crippen molar-refractivity contribution in [1.29, 1.82) is 5.26 Å². The molecule has 0 aliphatic heterocycles. The second-order valence-corrected chi connectivity index (χ2v) is 5.34. The average molecular weight is 321 g/mol. The molecule has 0 atom stereocenters. The third-order valence-corrected chi connectivity index (χ3v) is 3.45. The smallest absolute Gasteiger partial charge is 0.255 e. The van der Waals surface area contributed by atoms with Gasteiger partial charge < -0.3 is 10.6 Å². The number of hydrogen-bond donors (Lipinski definition) is 2. The van der Waals surface area contributed by atoms with E-state index >= 15 is 0 Å². The van der Waals surface area contributed by atoms with E-state index in [9.17, 15) is 9.59 Å². The van der Waals surface area contributed by atoms with E-state index in [0.29, 0.717) is 28.9 Å². The van der Waals surface area contributed by atoms with E-state index in [4.69, 9.17) is 5.26 Å². The summed E-state index contributed by atoms with van der Waals surface area (Å²) in [6.07, 6.45) is 1.92. The molecule has 0 bridgehead atoms. The average Bonchev–Trinajstić information content (AvgIpc) is 2.62. The maximum atomic E-state index is 12.3. The zero-order chi connectivity index (χ0) is 17.4. The number of nitriles is 1. The fourth-order valence-electron chi connectivity index (χ4n) is 2.15. The molecular formula is C19H19N3O2. The lowest BCUT2D eigenvalue weighted by Crippen LogP contribution is -2.24. The van der Waals surface area contributed by atoms with Gasteiger partial charge in [0.25, 0.3) is 11.8 Å². The summed E-state index contributed by atoms with van der Waals surface area (Å²) in [7, 11) is 0. The third kappa shape index (κ3) is 4.68. The van der Waals surface area contributed by atoms with Gasteiger partial charge >= 0.3 is 0 Å². The lowest BCUT2D eigenvalue weighted by atomic mass is 10.1. The van der Waals surface area contributed by atoms with Crippen LogP contribution in [0.1, 0.15) is 46.0 Å². The van der Waals surface area contributed by atoms with Gasteiger partial charge in [-0.3, -0.25) is 9.59 Å². The predicted molar refractivity (Wildman–Crippen MR) is 92.8 cm³/mol. The van der Waals surface area contributed by atoms with Gasteiger partial charge in [0.2, 0.25) is 0 Å². The maximum absolute atomic E-state index is 12.3. The Bertz CT molecular complexity index is 778.